The summed E-state index contributed by atoms with van der Waals surface area (Å²) >= 11 is 0. The van der Waals surface area contributed by atoms with Crippen LogP contribution in [0.15, 0.2) is 36.5 Å². The first-order chi connectivity index (χ1) is 9.06. The lowest BCUT2D eigenvalue weighted by atomic mass is 10.1. The van der Waals surface area contributed by atoms with Crippen LogP contribution in [0.4, 0.5) is 16.3 Å². The molecule has 0 saturated carbocycles. The average Bonchev–Trinajstić information content (AvgIpc) is 2.75. The van der Waals surface area contributed by atoms with Gasteiger partial charge in [-0.25, -0.2) is 4.79 Å². The average molecular weight is 259 g/mol. The van der Waals surface area contributed by atoms with Crippen molar-refractivity contribution in [2.24, 2.45) is 12.8 Å². The van der Waals surface area contributed by atoms with E-state index in [2.05, 4.69) is 15.7 Å². The molecule has 2 amide bonds. The van der Waals surface area contributed by atoms with Crippen LogP contribution in [0.3, 0.4) is 0 Å². The number of anilines is 2. The molecule has 0 aliphatic carbocycles. The molecular formula is C13H17N5O. The molecule has 1 aromatic carbocycles. The zero-order chi connectivity index (χ0) is 13.8. The van der Waals surface area contributed by atoms with Crippen molar-refractivity contribution in [2.45, 2.75) is 13.0 Å². The number of nitrogens with one attached hydrogen (secondary N) is 2. The largest absolute Gasteiger partial charge is 0.324 e. The fraction of sp³-hybridized carbons (Fsp3) is 0.231. The summed E-state index contributed by atoms with van der Waals surface area (Å²) in [5.41, 5.74) is 7.50. The van der Waals surface area contributed by atoms with E-state index in [0.717, 1.165) is 5.56 Å². The van der Waals surface area contributed by atoms with Crippen LogP contribution >= 0.6 is 0 Å². The molecule has 1 atom stereocenters. The van der Waals surface area contributed by atoms with Crippen LogP contribution < -0.4 is 16.4 Å². The van der Waals surface area contributed by atoms with Crippen LogP contribution in [-0.2, 0) is 7.05 Å². The minimum Gasteiger partial charge on any atom is -0.324 e. The van der Waals surface area contributed by atoms with Crippen molar-refractivity contribution < 1.29 is 4.79 Å². The molecule has 0 radical (unpaired) electrons. The minimum atomic E-state index is -0.308. The second-order valence-corrected chi connectivity index (χ2v) is 4.33. The molecule has 6 heteroatoms. The van der Waals surface area contributed by atoms with Crippen LogP contribution in [0.25, 0.3) is 0 Å². The lowest BCUT2D eigenvalue weighted by molar-refractivity contribution is 0.262. The number of rotatable bonds is 3. The van der Waals surface area contributed by atoms with Gasteiger partial charge in [0.05, 0.1) is 6.20 Å². The van der Waals surface area contributed by atoms with Gasteiger partial charge in [0.1, 0.15) is 5.82 Å². The highest BCUT2D eigenvalue weighted by atomic mass is 16.2. The summed E-state index contributed by atoms with van der Waals surface area (Å²) in [4.78, 5) is 11.8. The third kappa shape index (κ3) is 3.32. The van der Waals surface area contributed by atoms with Gasteiger partial charge >= 0.3 is 6.03 Å². The van der Waals surface area contributed by atoms with Gasteiger partial charge in [-0.15, -0.1) is 0 Å². The third-order valence-electron chi connectivity index (χ3n) is 2.76. The lowest BCUT2D eigenvalue weighted by Gasteiger charge is -2.09. The zero-order valence-electron chi connectivity index (χ0n) is 10.9. The SMILES string of the molecule is CC(N)c1ccc(NC(=O)Nc2ccnn2C)cc1. The number of nitrogens with zero attached hydrogens (tertiary/aromatic N) is 2. The van der Waals surface area contributed by atoms with Crippen molar-refractivity contribution in [3.63, 3.8) is 0 Å². The van der Waals surface area contributed by atoms with E-state index < -0.39 is 0 Å². The van der Waals surface area contributed by atoms with Crippen molar-refractivity contribution in [1.29, 1.82) is 0 Å². The molecule has 0 aliphatic rings. The minimum absolute atomic E-state index is 0.0164. The Labute approximate surface area is 111 Å². The predicted octanol–water partition coefficient (Wildman–Crippen LogP) is 2.08. The summed E-state index contributed by atoms with van der Waals surface area (Å²) in [6.07, 6.45) is 1.62. The number of aromatic nitrogens is 2. The van der Waals surface area contributed by atoms with Gasteiger partial charge < -0.3 is 11.1 Å². The molecule has 6 nitrogen and oxygen atoms in total. The van der Waals surface area contributed by atoms with Gasteiger partial charge in [-0.05, 0) is 24.6 Å². The van der Waals surface area contributed by atoms with E-state index in [-0.39, 0.29) is 12.1 Å². The molecule has 100 valence electrons. The summed E-state index contributed by atoms with van der Waals surface area (Å²) in [7, 11) is 1.76. The first-order valence-electron chi connectivity index (χ1n) is 5.98. The van der Waals surface area contributed by atoms with Crippen LogP contribution in [0.1, 0.15) is 18.5 Å². The first-order valence-corrected chi connectivity index (χ1v) is 5.98. The summed E-state index contributed by atoms with van der Waals surface area (Å²) < 4.78 is 1.58. The van der Waals surface area contributed by atoms with Crippen molar-refractivity contribution in [1.82, 2.24) is 9.78 Å². The fourth-order valence-corrected chi connectivity index (χ4v) is 1.65. The Bertz CT molecular complexity index is 559. The van der Waals surface area contributed by atoms with Gasteiger partial charge in [0.15, 0.2) is 0 Å². The summed E-state index contributed by atoms with van der Waals surface area (Å²) in [6, 6.07) is 8.82. The Hall–Kier alpha value is -2.34. The molecule has 0 bridgehead atoms. The number of hydrogen-bond donors (Lipinski definition) is 3. The van der Waals surface area contributed by atoms with E-state index in [1.54, 1.807) is 24.0 Å². The molecule has 1 heterocycles. The second-order valence-electron chi connectivity index (χ2n) is 4.33. The summed E-state index contributed by atoms with van der Waals surface area (Å²) in [5.74, 6) is 0.629. The Morgan fingerprint density at radius 1 is 1.26 bits per heavy atom. The van der Waals surface area contributed by atoms with E-state index in [4.69, 9.17) is 5.73 Å². The second kappa shape index (κ2) is 5.53. The Morgan fingerprint density at radius 3 is 2.47 bits per heavy atom. The smallest absolute Gasteiger partial charge is 0.324 e. The molecule has 2 aromatic rings. The van der Waals surface area contributed by atoms with Crippen LogP contribution in [0.2, 0.25) is 0 Å². The zero-order valence-corrected chi connectivity index (χ0v) is 10.9. The Kier molecular flexibility index (Phi) is 3.82. The van der Waals surface area contributed by atoms with E-state index in [1.807, 2.05) is 31.2 Å². The van der Waals surface area contributed by atoms with E-state index in [0.29, 0.717) is 11.5 Å². The molecule has 1 aromatic heterocycles. The normalized spacial score (nSPS) is 11.9. The molecule has 2 rings (SSSR count). The van der Waals surface area contributed by atoms with Crippen LogP contribution in [0, 0.1) is 0 Å². The maximum absolute atomic E-state index is 11.8. The molecule has 0 aliphatic heterocycles. The van der Waals surface area contributed by atoms with Gasteiger partial charge in [-0.2, -0.15) is 5.10 Å². The molecule has 1 unspecified atom stereocenters. The highest BCUT2D eigenvalue weighted by Crippen LogP contribution is 2.14. The van der Waals surface area contributed by atoms with E-state index in [9.17, 15) is 4.79 Å². The maximum Gasteiger partial charge on any atom is 0.324 e. The number of benzene rings is 1. The molecular weight excluding hydrogens is 242 g/mol. The highest BCUT2D eigenvalue weighted by molar-refractivity contribution is 5.99. The quantitative estimate of drug-likeness (QED) is 0.789. The Balaban J connectivity index is 1.97. The molecule has 4 N–H and O–H groups in total. The van der Waals surface area contributed by atoms with E-state index in [1.165, 1.54) is 0 Å². The van der Waals surface area contributed by atoms with Crippen molar-refractivity contribution >= 4 is 17.5 Å². The topological polar surface area (TPSA) is 85.0 Å². The van der Waals surface area contributed by atoms with Crippen molar-refractivity contribution in [3.05, 3.63) is 42.1 Å². The molecule has 0 spiro atoms. The van der Waals surface area contributed by atoms with Crippen LogP contribution in [0.5, 0.6) is 0 Å². The van der Waals surface area contributed by atoms with Gasteiger partial charge in [-0.1, -0.05) is 12.1 Å². The number of carbonyl (C=O) groups is 1. The fourth-order valence-electron chi connectivity index (χ4n) is 1.65. The number of amides is 2. The summed E-state index contributed by atoms with van der Waals surface area (Å²) in [6.45, 7) is 1.91. The van der Waals surface area contributed by atoms with E-state index >= 15 is 0 Å². The first kappa shape index (κ1) is 13.1. The maximum atomic E-state index is 11.8. The predicted molar refractivity (Wildman–Crippen MR) is 74.9 cm³/mol. The third-order valence-corrected chi connectivity index (χ3v) is 2.76. The van der Waals surface area contributed by atoms with Gasteiger partial charge in [0, 0.05) is 24.8 Å². The lowest BCUT2D eigenvalue weighted by Crippen LogP contribution is -2.21. The highest BCUT2D eigenvalue weighted by Gasteiger charge is 2.05. The number of aryl methyl sites for hydroxylation is 1. The van der Waals surface area contributed by atoms with Crippen molar-refractivity contribution in [3.8, 4) is 0 Å². The summed E-state index contributed by atoms with van der Waals surface area (Å²) in [5, 5.41) is 9.41. The van der Waals surface area contributed by atoms with Gasteiger partial charge in [0.25, 0.3) is 0 Å². The van der Waals surface area contributed by atoms with Crippen molar-refractivity contribution in [2.75, 3.05) is 10.6 Å². The molecule has 19 heavy (non-hydrogen) atoms. The molecule has 0 fully saturated rings. The Morgan fingerprint density at radius 2 is 1.95 bits per heavy atom. The number of carbonyl (C=O) groups excluding carboxylic acids is 1. The van der Waals surface area contributed by atoms with Gasteiger partial charge in [0.2, 0.25) is 0 Å². The van der Waals surface area contributed by atoms with Gasteiger partial charge in [-0.3, -0.25) is 10.00 Å². The number of urea groups is 1. The monoisotopic (exact) mass is 259 g/mol. The standard InChI is InChI=1S/C13H17N5O/c1-9(14)10-3-5-11(6-4-10)16-13(19)17-12-7-8-15-18(12)2/h3-9H,14H2,1-2H3,(H2,16,17,19). The number of hydrogen-bond acceptors (Lipinski definition) is 3. The molecule has 0 saturated heterocycles. The number of nitrogens with two attached hydrogens (primary N) is 1. The van der Waals surface area contributed by atoms with Crippen LogP contribution in [-0.4, -0.2) is 15.8 Å².